The van der Waals surface area contributed by atoms with Crippen LogP contribution in [0.4, 0.5) is 11.4 Å². The van der Waals surface area contributed by atoms with Crippen molar-refractivity contribution in [3.05, 3.63) is 23.8 Å². The summed E-state index contributed by atoms with van der Waals surface area (Å²) in [5.41, 5.74) is 8.34. The lowest BCUT2D eigenvalue weighted by Gasteiger charge is -2.34. The van der Waals surface area contributed by atoms with Crippen molar-refractivity contribution in [3.8, 4) is 0 Å². The number of hydrogen-bond acceptors (Lipinski definition) is 4. The number of aliphatic carboxylic acids is 1. The minimum absolute atomic E-state index is 0.139. The van der Waals surface area contributed by atoms with Gasteiger partial charge >= 0.3 is 5.97 Å². The Morgan fingerprint density at radius 1 is 1.48 bits per heavy atom. The third-order valence-corrected chi connectivity index (χ3v) is 4.52. The number of anilines is 2. The normalized spacial score (nSPS) is 20.0. The Labute approximate surface area is 136 Å². The number of amides is 1. The van der Waals surface area contributed by atoms with Gasteiger partial charge < -0.3 is 16.2 Å². The molecular formula is C17H25N3O3. The second kappa shape index (κ2) is 7.46. The highest BCUT2D eigenvalue weighted by molar-refractivity contribution is 5.95. The van der Waals surface area contributed by atoms with Gasteiger partial charge in [-0.05, 0) is 50.4 Å². The molecule has 1 aliphatic heterocycles. The van der Waals surface area contributed by atoms with Gasteiger partial charge in [0.25, 0.3) is 0 Å². The largest absolute Gasteiger partial charge is 0.481 e. The van der Waals surface area contributed by atoms with Crippen LogP contribution in [0.2, 0.25) is 0 Å². The van der Waals surface area contributed by atoms with E-state index in [1.165, 1.54) is 0 Å². The van der Waals surface area contributed by atoms with Crippen LogP contribution in [-0.2, 0) is 16.0 Å². The first-order chi connectivity index (χ1) is 10.9. The van der Waals surface area contributed by atoms with E-state index in [4.69, 9.17) is 10.8 Å². The molecule has 0 bridgehead atoms. The topological polar surface area (TPSA) is 95.7 Å². The fraction of sp³-hybridized carbons (Fsp3) is 0.529. The van der Waals surface area contributed by atoms with Crippen molar-refractivity contribution >= 4 is 23.3 Å². The molecule has 2 rings (SSSR count). The molecule has 6 nitrogen and oxygen atoms in total. The number of likely N-dealkylation sites (tertiary alicyclic amines) is 1. The predicted octanol–water partition coefficient (Wildman–Crippen LogP) is 1.95. The first-order valence-corrected chi connectivity index (χ1v) is 8.08. The van der Waals surface area contributed by atoms with E-state index in [1.807, 2.05) is 30.9 Å². The molecule has 1 aromatic carbocycles. The number of hydrogen-bond donors (Lipinski definition) is 3. The summed E-state index contributed by atoms with van der Waals surface area (Å²) in [7, 11) is 0. The van der Waals surface area contributed by atoms with Crippen LogP contribution < -0.4 is 11.1 Å². The van der Waals surface area contributed by atoms with Gasteiger partial charge in [0, 0.05) is 17.9 Å². The van der Waals surface area contributed by atoms with E-state index in [2.05, 4.69) is 5.32 Å². The van der Waals surface area contributed by atoms with Crippen LogP contribution in [0.3, 0.4) is 0 Å². The Kier molecular flexibility index (Phi) is 5.60. The lowest BCUT2D eigenvalue weighted by molar-refractivity contribution is -0.144. The van der Waals surface area contributed by atoms with E-state index in [9.17, 15) is 9.59 Å². The first-order valence-electron chi connectivity index (χ1n) is 8.08. The Morgan fingerprint density at radius 3 is 2.83 bits per heavy atom. The molecule has 2 unspecified atom stereocenters. The molecule has 1 fully saturated rings. The molecule has 0 spiro atoms. The van der Waals surface area contributed by atoms with Gasteiger partial charge in [0.15, 0.2) is 0 Å². The number of nitrogens with one attached hydrogen (secondary N) is 1. The first kappa shape index (κ1) is 17.3. The lowest BCUT2D eigenvalue weighted by atomic mass is 9.97. The number of nitrogens with zero attached hydrogens (tertiary/aromatic N) is 1. The number of carbonyl (C=O) groups excluding carboxylic acids is 1. The zero-order chi connectivity index (χ0) is 17.0. The lowest BCUT2D eigenvalue weighted by Crippen LogP contribution is -2.48. The summed E-state index contributed by atoms with van der Waals surface area (Å²) >= 11 is 0. The quantitative estimate of drug-likeness (QED) is 0.721. The monoisotopic (exact) mass is 319 g/mol. The number of nitrogens with two attached hydrogens (primary N) is 1. The van der Waals surface area contributed by atoms with Gasteiger partial charge in [0.1, 0.15) is 0 Å². The van der Waals surface area contributed by atoms with Crippen molar-refractivity contribution in [3.63, 3.8) is 0 Å². The van der Waals surface area contributed by atoms with Gasteiger partial charge in [0.2, 0.25) is 5.91 Å². The summed E-state index contributed by atoms with van der Waals surface area (Å²) in [4.78, 5) is 25.5. The molecule has 126 valence electrons. The number of aryl methyl sites for hydroxylation is 1. The zero-order valence-corrected chi connectivity index (χ0v) is 13.7. The summed E-state index contributed by atoms with van der Waals surface area (Å²) in [6.07, 6.45) is 2.32. The van der Waals surface area contributed by atoms with Gasteiger partial charge in [-0.15, -0.1) is 0 Å². The number of carboxylic acid groups (broad SMARTS) is 1. The minimum Gasteiger partial charge on any atom is -0.481 e. The van der Waals surface area contributed by atoms with Crippen LogP contribution in [0.25, 0.3) is 0 Å². The standard InChI is InChI=1S/C17H25N3O3/c1-3-12-6-7-14(9-15(12)18)19-16(21)11(2)20-8-4-5-13(10-20)17(22)23/h6-7,9,11,13H,3-5,8,10,18H2,1-2H3,(H,19,21)(H,22,23). The minimum atomic E-state index is -0.787. The van der Waals surface area contributed by atoms with E-state index in [0.717, 1.165) is 24.9 Å². The van der Waals surface area contributed by atoms with E-state index < -0.39 is 11.9 Å². The maximum atomic E-state index is 12.4. The fourth-order valence-electron chi connectivity index (χ4n) is 2.97. The van der Waals surface area contributed by atoms with Crippen LogP contribution in [0.5, 0.6) is 0 Å². The van der Waals surface area contributed by atoms with E-state index in [-0.39, 0.29) is 11.9 Å². The molecule has 6 heteroatoms. The molecule has 2 atom stereocenters. The Bertz CT molecular complexity index is 588. The van der Waals surface area contributed by atoms with Gasteiger partial charge in [-0.1, -0.05) is 13.0 Å². The van der Waals surface area contributed by atoms with Crippen molar-refractivity contribution in [2.45, 2.75) is 39.2 Å². The molecule has 1 aromatic rings. The predicted molar refractivity (Wildman–Crippen MR) is 90.3 cm³/mol. The fourth-order valence-corrected chi connectivity index (χ4v) is 2.97. The zero-order valence-electron chi connectivity index (χ0n) is 13.7. The number of nitrogen functional groups attached to an aromatic ring is 1. The number of carboxylic acids is 1. The number of rotatable bonds is 5. The highest BCUT2D eigenvalue weighted by Crippen LogP contribution is 2.21. The maximum Gasteiger partial charge on any atom is 0.307 e. The van der Waals surface area contributed by atoms with Crippen molar-refractivity contribution < 1.29 is 14.7 Å². The Hall–Kier alpha value is -2.08. The van der Waals surface area contributed by atoms with Crippen LogP contribution >= 0.6 is 0 Å². The molecule has 1 amide bonds. The molecule has 23 heavy (non-hydrogen) atoms. The SMILES string of the molecule is CCc1ccc(NC(=O)C(C)N2CCCC(C(=O)O)C2)cc1N. The van der Waals surface area contributed by atoms with Crippen molar-refractivity contribution in [2.24, 2.45) is 5.92 Å². The van der Waals surface area contributed by atoms with E-state index in [0.29, 0.717) is 24.3 Å². The molecule has 0 radical (unpaired) electrons. The van der Waals surface area contributed by atoms with Gasteiger partial charge in [-0.2, -0.15) is 0 Å². The highest BCUT2D eigenvalue weighted by atomic mass is 16.4. The van der Waals surface area contributed by atoms with Gasteiger partial charge in [0.05, 0.1) is 12.0 Å². The molecule has 0 aromatic heterocycles. The molecular weight excluding hydrogens is 294 g/mol. The number of piperidine rings is 1. The van der Waals surface area contributed by atoms with Crippen molar-refractivity contribution in [1.82, 2.24) is 4.90 Å². The second-order valence-corrected chi connectivity index (χ2v) is 6.10. The third-order valence-electron chi connectivity index (χ3n) is 4.52. The summed E-state index contributed by atoms with van der Waals surface area (Å²) in [6.45, 7) is 5.00. The summed E-state index contributed by atoms with van der Waals surface area (Å²) in [6, 6.07) is 5.15. The van der Waals surface area contributed by atoms with Gasteiger partial charge in [-0.25, -0.2) is 0 Å². The van der Waals surface area contributed by atoms with Crippen LogP contribution in [0.15, 0.2) is 18.2 Å². The maximum absolute atomic E-state index is 12.4. The van der Waals surface area contributed by atoms with Crippen molar-refractivity contribution in [1.29, 1.82) is 0 Å². The van der Waals surface area contributed by atoms with Crippen molar-refractivity contribution in [2.75, 3.05) is 24.1 Å². The van der Waals surface area contributed by atoms with E-state index >= 15 is 0 Å². The molecule has 4 N–H and O–H groups in total. The van der Waals surface area contributed by atoms with Crippen LogP contribution in [0, 0.1) is 5.92 Å². The average molecular weight is 319 g/mol. The Morgan fingerprint density at radius 2 is 2.22 bits per heavy atom. The third kappa shape index (κ3) is 4.22. The van der Waals surface area contributed by atoms with Gasteiger partial charge in [-0.3, -0.25) is 14.5 Å². The van der Waals surface area contributed by atoms with Crippen LogP contribution in [0.1, 0.15) is 32.3 Å². The van der Waals surface area contributed by atoms with E-state index in [1.54, 1.807) is 6.07 Å². The second-order valence-electron chi connectivity index (χ2n) is 6.10. The molecule has 1 heterocycles. The van der Waals surface area contributed by atoms with Crippen LogP contribution in [-0.4, -0.2) is 41.0 Å². The number of carbonyl (C=O) groups is 2. The average Bonchev–Trinajstić information content (AvgIpc) is 2.54. The molecule has 1 saturated heterocycles. The molecule has 0 aliphatic carbocycles. The smallest absolute Gasteiger partial charge is 0.307 e. The molecule has 0 saturated carbocycles. The number of benzene rings is 1. The highest BCUT2D eigenvalue weighted by Gasteiger charge is 2.30. The summed E-state index contributed by atoms with van der Waals surface area (Å²) in [5, 5.41) is 12.0. The Balaban J connectivity index is 1.99. The molecule has 1 aliphatic rings. The summed E-state index contributed by atoms with van der Waals surface area (Å²) in [5.74, 6) is -1.32. The summed E-state index contributed by atoms with van der Waals surface area (Å²) < 4.78 is 0.